The molecule has 0 spiro atoms. The van der Waals surface area contributed by atoms with E-state index in [1.807, 2.05) is 0 Å². The van der Waals surface area contributed by atoms with E-state index in [0.29, 0.717) is 4.71 Å². The van der Waals surface area contributed by atoms with Crippen molar-refractivity contribution in [3.8, 4) is 0 Å². The fourth-order valence-electron chi connectivity index (χ4n) is 1.41. The summed E-state index contributed by atoms with van der Waals surface area (Å²) in [5.41, 5.74) is 2.46. The quantitative estimate of drug-likeness (QED) is 0.582. The normalized spacial score (nSPS) is 16.8. The fourth-order valence-corrected chi connectivity index (χ4v) is 1.68. The van der Waals surface area contributed by atoms with E-state index in [4.69, 9.17) is 16.7 Å². The molecule has 1 N–H and O–H groups in total. The lowest BCUT2D eigenvalue weighted by molar-refractivity contribution is 0.400. The van der Waals surface area contributed by atoms with Gasteiger partial charge in [-0.2, -0.15) is 0 Å². The average Bonchev–Trinajstić information content (AvgIpc) is 2.34. The Balaban J connectivity index is 2.55. The molecule has 1 aliphatic carbocycles. The number of aryl methyl sites for hydroxylation is 1. The number of rotatable bonds is 0. The lowest BCUT2D eigenvalue weighted by atomic mass is 9.99. The van der Waals surface area contributed by atoms with E-state index in [2.05, 4.69) is 5.16 Å². The molecule has 0 aromatic carbocycles. The Morgan fingerprint density at radius 1 is 1.30 bits per heavy atom. The molecule has 0 bridgehead atoms. The molecular formula is C7H9NOS. The van der Waals surface area contributed by atoms with Crippen molar-refractivity contribution in [3.63, 3.8) is 0 Å². The monoisotopic (exact) mass is 155 g/mol. The number of fused-ring (bicyclic) bond motifs is 1. The minimum absolute atomic E-state index is 0.662. The third kappa shape index (κ3) is 0.814. The summed E-state index contributed by atoms with van der Waals surface area (Å²) < 4.78 is 5.67. The largest absolute Gasteiger partial charge is 0.370 e. The van der Waals surface area contributed by atoms with Crippen LogP contribution in [0.5, 0.6) is 0 Å². The number of hydrogen-bond acceptors (Lipinski definition) is 2. The second kappa shape index (κ2) is 2.23. The average molecular weight is 155 g/mol. The van der Waals surface area contributed by atoms with Crippen LogP contribution in [0.15, 0.2) is 4.52 Å². The molecule has 0 saturated carbocycles. The van der Waals surface area contributed by atoms with Gasteiger partial charge < -0.3 is 4.52 Å². The van der Waals surface area contributed by atoms with Gasteiger partial charge in [-0.3, -0.25) is 0 Å². The van der Waals surface area contributed by atoms with Crippen LogP contribution < -0.4 is 0 Å². The van der Waals surface area contributed by atoms with Gasteiger partial charge in [-0.05, 0) is 37.9 Å². The van der Waals surface area contributed by atoms with Crippen LogP contribution in [0.1, 0.15) is 24.1 Å². The summed E-state index contributed by atoms with van der Waals surface area (Å²) in [4.78, 5) is 0. The molecule has 0 atom stereocenters. The SMILES string of the molecule is S=c1o[nH]c2c1CCCC2. The summed E-state index contributed by atoms with van der Waals surface area (Å²) in [5, 5.41) is 2.85. The van der Waals surface area contributed by atoms with Gasteiger partial charge in [-0.25, -0.2) is 5.16 Å². The molecule has 2 nitrogen and oxygen atoms in total. The van der Waals surface area contributed by atoms with E-state index in [1.165, 1.54) is 24.1 Å². The van der Waals surface area contributed by atoms with E-state index >= 15 is 0 Å². The fraction of sp³-hybridized carbons (Fsp3) is 0.571. The highest BCUT2D eigenvalue weighted by Crippen LogP contribution is 2.20. The van der Waals surface area contributed by atoms with Crippen LogP contribution >= 0.6 is 12.2 Å². The van der Waals surface area contributed by atoms with Crippen LogP contribution in [0.2, 0.25) is 0 Å². The van der Waals surface area contributed by atoms with Crippen molar-refractivity contribution in [2.45, 2.75) is 25.7 Å². The Hall–Kier alpha value is -0.570. The van der Waals surface area contributed by atoms with Crippen molar-refractivity contribution >= 4 is 12.2 Å². The lowest BCUT2D eigenvalue weighted by Gasteiger charge is -2.06. The molecule has 1 heterocycles. The zero-order valence-electron chi connectivity index (χ0n) is 5.64. The highest BCUT2D eigenvalue weighted by atomic mass is 32.1. The molecule has 0 unspecified atom stereocenters. The van der Waals surface area contributed by atoms with Crippen molar-refractivity contribution in [1.29, 1.82) is 0 Å². The first-order chi connectivity index (χ1) is 4.88. The third-order valence-corrected chi connectivity index (χ3v) is 2.31. The van der Waals surface area contributed by atoms with Crippen LogP contribution in [0.4, 0.5) is 0 Å². The molecular weight excluding hydrogens is 146 g/mol. The van der Waals surface area contributed by atoms with E-state index in [1.54, 1.807) is 0 Å². The van der Waals surface area contributed by atoms with E-state index in [9.17, 15) is 0 Å². The summed E-state index contributed by atoms with van der Waals surface area (Å²) in [6.45, 7) is 0. The number of aromatic nitrogens is 1. The molecule has 1 aliphatic rings. The van der Waals surface area contributed by atoms with E-state index < -0.39 is 0 Å². The minimum atomic E-state index is 0.662. The van der Waals surface area contributed by atoms with Gasteiger partial charge in [0.1, 0.15) is 0 Å². The Morgan fingerprint density at radius 3 is 2.90 bits per heavy atom. The van der Waals surface area contributed by atoms with Gasteiger partial charge in [0.25, 0.3) is 0 Å². The Morgan fingerprint density at radius 2 is 2.10 bits per heavy atom. The van der Waals surface area contributed by atoms with Gasteiger partial charge >= 0.3 is 0 Å². The third-order valence-electron chi connectivity index (χ3n) is 1.98. The van der Waals surface area contributed by atoms with Gasteiger partial charge in [-0.1, -0.05) is 0 Å². The van der Waals surface area contributed by atoms with Crippen molar-refractivity contribution in [3.05, 3.63) is 16.0 Å². The van der Waals surface area contributed by atoms with Crippen molar-refractivity contribution < 1.29 is 4.52 Å². The van der Waals surface area contributed by atoms with Crippen LogP contribution in [0, 0.1) is 4.71 Å². The van der Waals surface area contributed by atoms with Crippen LogP contribution in [0.25, 0.3) is 0 Å². The van der Waals surface area contributed by atoms with E-state index in [-0.39, 0.29) is 0 Å². The first-order valence-corrected chi connectivity index (χ1v) is 3.98. The maximum Gasteiger partial charge on any atom is 0.223 e. The number of nitrogens with one attached hydrogen (secondary N) is 1. The summed E-state index contributed by atoms with van der Waals surface area (Å²) in [6, 6.07) is 0. The highest BCUT2D eigenvalue weighted by Gasteiger charge is 2.12. The standard InChI is InChI=1S/C7H9NOS/c10-7-5-3-1-2-4-6(5)8-9-7/h8H,1-4H2. The first-order valence-electron chi connectivity index (χ1n) is 3.57. The molecule has 0 aliphatic heterocycles. The second-order valence-corrected chi connectivity index (χ2v) is 3.03. The number of H-pyrrole nitrogens is 1. The maximum atomic E-state index is 5.01. The molecule has 2 rings (SSSR count). The predicted octanol–water partition coefficient (Wildman–Crippen LogP) is 2.22. The van der Waals surface area contributed by atoms with Gasteiger partial charge in [-0.15, -0.1) is 0 Å². The topological polar surface area (TPSA) is 28.9 Å². The molecule has 0 saturated heterocycles. The summed E-state index contributed by atoms with van der Waals surface area (Å²) in [6.07, 6.45) is 4.72. The zero-order chi connectivity index (χ0) is 6.97. The maximum absolute atomic E-state index is 5.01. The Bertz CT molecular complexity index is 286. The molecule has 0 fully saturated rings. The number of hydrogen-bond donors (Lipinski definition) is 1. The Labute approximate surface area is 64.2 Å². The van der Waals surface area contributed by atoms with E-state index in [0.717, 1.165) is 12.8 Å². The molecule has 1 aromatic heterocycles. The number of aromatic amines is 1. The van der Waals surface area contributed by atoms with Crippen LogP contribution in [0.3, 0.4) is 0 Å². The zero-order valence-corrected chi connectivity index (χ0v) is 6.46. The predicted molar refractivity (Wildman–Crippen MR) is 40.5 cm³/mol. The van der Waals surface area contributed by atoms with Gasteiger partial charge in [0, 0.05) is 5.56 Å². The summed E-state index contributed by atoms with van der Waals surface area (Å²) in [5.74, 6) is 0. The summed E-state index contributed by atoms with van der Waals surface area (Å²) in [7, 11) is 0. The lowest BCUT2D eigenvalue weighted by Crippen LogP contribution is -1.99. The van der Waals surface area contributed by atoms with Crippen LogP contribution in [-0.2, 0) is 12.8 Å². The molecule has 54 valence electrons. The molecule has 0 amide bonds. The van der Waals surface area contributed by atoms with Crippen LogP contribution in [-0.4, -0.2) is 5.16 Å². The van der Waals surface area contributed by atoms with Gasteiger partial charge in [0.05, 0.1) is 5.69 Å². The minimum Gasteiger partial charge on any atom is -0.370 e. The first kappa shape index (κ1) is 6.16. The molecule has 3 heteroatoms. The van der Waals surface area contributed by atoms with Gasteiger partial charge in [0.2, 0.25) is 4.71 Å². The van der Waals surface area contributed by atoms with Gasteiger partial charge in [0.15, 0.2) is 0 Å². The molecule has 1 aromatic rings. The molecule has 10 heavy (non-hydrogen) atoms. The second-order valence-electron chi connectivity index (χ2n) is 2.66. The van der Waals surface area contributed by atoms with Crippen molar-refractivity contribution in [2.24, 2.45) is 0 Å². The van der Waals surface area contributed by atoms with Crippen molar-refractivity contribution in [1.82, 2.24) is 5.16 Å². The van der Waals surface area contributed by atoms with Crippen molar-refractivity contribution in [2.75, 3.05) is 0 Å². The Kier molecular flexibility index (Phi) is 1.38. The summed E-state index contributed by atoms with van der Waals surface area (Å²) >= 11 is 4.97. The smallest absolute Gasteiger partial charge is 0.223 e. The molecule has 0 radical (unpaired) electrons. The highest BCUT2D eigenvalue weighted by molar-refractivity contribution is 7.71.